The first kappa shape index (κ1) is 11.6. The summed E-state index contributed by atoms with van der Waals surface area (Å²) < 4.78 is 1.38. The van der Waals surface area contributed by atoms with Gasteiger partial charge in [0.1, 0.15) is 12.9 Å². The molecule has 0 fully saturated rings. The summed E-state index contributed by atoms with van der Waals surface area (Å²) in [7, 11) is 0. The summed E-state index contributed by atoms with van der Waals surface area (Å²) in [5, 5.41) is 19.2. The number of hydrogen-bond acceptors (Lipinski definition) is 5. The second kappa shape index (κ2) is 6.07. The highest BCUT2D eigenvalue weighted by molar-refractivity contribution is 5.75. The van der Waals surface area contributed by atoms with Crippen LogP contribution in [0.25, 0.3) is 0 Å². The topological polar surface area (TPSA) is 84.1 Å². The van der Waals surface area contributed by atoms with Crippen LogP contribution in [0.5, 0.6) is 0 Å². The van der Waals surface area contributed by atoms with E-state index in [-0.39, 0.29) is 19.1 Å². The highest BCUT2D eigenvalue weighted by Crippen LogP contribution is 1.94. The predicted molar refractivity (Wildman–Crippen MR) is 51.8 cm³/mol. The zero-order valence-corrected chi connectivity index (χ0v) is 8.70. The van der Waals surface area contributed by atoms with Crippen LogP contribution in [0, 0.1) is 0 Å². The third-order valence-electron chi connectivity index (χ3n) is 2.01. The minimum atomic E-state index is -0.0433. The molecule has 0 atom stereocenters. The van der Waals surface area contributed by atoms with Gasteiger partial charge in [-0.15, -0.1) is 5.10 Å². The molecule has 0 aliphatic carbocycles. The van der Waals surface area contributed by atoms with Gasteiger partial charge in [-0.25, -0.2) is 4.68 Å². The Morgan fingerprint density at radius 3 is 2.93 bits per heavy atom. The fourth-order valence-corrected chi connectivity index (χ4v) is 1.21. The van der Waals surface area contributed by atoms with E-state index < -0.39 is 0 Å². The Morgan fingerprint density at radius 2 is 2.40 bits per heavy atom. The molecule has 0 spiro atoms. The minimum absolute atomic E-state index is 0.0433. The second-order valence-corrected chi connectivity index (χ2v) is 3.06. The van der Waals surface area contributed by atoms with Gasteiger partial charge >= 0.3 is 0 Å². The van der Waals surface area contributed by atoms with Crippen molar-refractivity contribution in [2.45, 2.75) is 19.9 Å². The van der Waals surface area contributed by atoms with Gasteiger partial charge in [0.2, 0.25) is 5.91 Å². The molecule has 0 aromatic carbocycles. The van der Waals surface area contributed by atoms with Crippen molar-refractivity contribution < 1.29 is 9.90 Å². The molecule has 0 saturated carbocycles. The Labute approximate surface area is 87.7 Å². The van der Waals surface area contributed by atoms with Crippen LogP contribution < -0.4 is 0 Å². The Balaban J connectivity index is 2.43. The van der Waals surface area contributed by atoms with Crippen molar-refractivity contribution in [1.82, 2.24) is 25.1 Å². The lowest BCUT2D eigenvalue weighted by atomic mass is 10.3. The molecule has 0 saturated heterocycles. The van der Waals surface area contributed by atoms with Crippen LogP contribution in [0.2, 0.25) is 0 Å². The third kappa shape index (κ3) is 3.62. The summed E-state index contributed by atoms with van der Waals surface area (Å²) in [5.74, 6) is -0.0433. The number of aromatic nitrogens is 4. The number of carbonyl (C=O) groups is 1. The summed E-state index contributed by atoms with van der Waals surface area (Å²) >= 11 is 0. The molecule has 7 heteroatoms. The van der Waals surface area contributed by atoms with Crippen molar-refractivity contribution in [3.05, 3.63) is 6.33 Å². The molecule has 7 nitrogen and oxygen atoms in total. The van der Waals surface area contributed by atoms with E-state index in [0.29, 0.717) is 19.5 Å². The third-order valence-corrected chi connectivity index (χ3v) is 2.01. The van der Waals surface area contributed by atoms with Crippen LogP contribution >= 0.6 is 0 Å². The highest BCUT2D eigenvalue weighted by atomic mass is 16.3. The minimum Gasteiger partial charge on any atom is -0.396 e. The molecule has 1 aromatic heterocycles. The zero-order valence-electron chi connectivity index (χ0n) is 8.70. The smallest absolute Gasteiger partial charge is 0.244 e. The van der Waals surface area contributed by atoms with E-state index in [9.17, 15) is 4.79 Å². The van der Waals surface area contributed by atoms with E-state index >= 15 is 0 Å². The lowest BCUT2D eigenvalue weighted by Gasteiger charge is -2.19. The number of tetrazole rings is 1. The van der Waals surface area contributed by atoms with Gasteiger partial charge in [-0.3, -0.25) is 4.79 Å². The summed E-state index contributed by atoms with van der Waals surface area (Å²) in [6.07, 6.45) is 1.99. The van der Waals surface area contributed by atoms with Crippen LogP contribution in [0.4, 0.5) is 0 Å². The molecule has 0 radical (unpaired) electrons. The molecule has 1 heterocycles. The average Bonchev–Trinajstić information content (AvgIpc) is 2.71. The largest absolute Gasteiger partial charge is 0.396 e. The SMILES string of the molecule is CCN(CCCO)C(=O)Cn1cnnn1. The molecule has 1 N–H and O–H groups in total. The maximum Gasteiger partial charge on any atom is 0.244 e. The Morgan fingerprint density at radius 1 is 1.60 bits per heavy atom. The predicted octanol–water partition coefficient (Wildman–Crippen LogP) is -1.10. The molecule has 0 bridgehead atoms. The van der Waals surface area contributed by atoms with E-state index in [1.165, 1.54) is 11.0 Å². The molecule has 15 heavy (non-hydrogen) atoms. The number of hydrogen-bond donors (Lipinski definition) is 1. The fraction of sp³-hybridized carbons (Fsp3) is 0.750. The first-order valence-electron chi connectivity index (χ1n) is 4.87. The Kier molecular flexibility index (Phi) is 4.69. The number of likely N-dealkylation sites (N-methyl/N-ethyl adjacent to an activating group) is 1. The van der Waals surface area contributed by atoms with Crippen LogP contribution in [0.1, 0.15) is 13.3 Å². The van der Waals surface area contributed by atoms with E-state index in [1.54, 1.807) is 4.90 Å². The van der Waals surface area contributed by atoms with Gasteiger partial charge < -0.3 is 10.0 Å². The van der Waals surface area contributed by atoms with E-state index in [4.69, 9.17) is 5.11 Å². The Hall–Kier alpha value is -1.50. The average molecular weight is 213 g/mol. The van der Waals surface area contributed by atoms with Crippen molar-refractivity contribution in [2.75, 3.05) is 19.7 Å². The van der Waals surface area contributed by atoms with Gasteiger partial charge in [0.05, 0.1) is 0 Å². The lowest BCUT2D eigenvalue weighted by Crippen LogP contribution is -2.35. The van der Waals surface area contributed by atoms with Crippen LogP contribution in [0.3, 0.4) is 0 Å². The second-order valence-electron chi connectivity index (χ2n) is 3.06. The maximum absolute atomic E-state index is 11.7. The van der Waals surface area contributed by atoms with E-state index in [2.05, 4.69) is 15.5 Å². The summed E-state index contributed by atoms with van der Waals surface area (Å²) in [6.45, 7) is 3.32. The number of aliphatic hydroxyl groups is 1. The number of nitrogens with zero attached hydrogens (tertiary/aromatic N) is 5. The van der Waals surface area contributed by atoms with Gasteiger partial charge in [-0.2, -0.15) is 0 Å². The highest BCUT2D eigenvalue weighted by Gasteiger charge is 2.11. The van der Waals surface area contributed by atoms with Crippen molar-refractivity contribution >= 4 is 5.91 Å². The van der Waals surface area contributed by atoms with Gasteiger partial charge in [0.15, 0.2) is 0 Å². The summed E-state index contributed by atoms with van der Waals surface area (Å²) in [4.78, 5) is 13.3. The molecule has 0 aliphatic rings. The molecular weight excluding hydrogens is 198 g/mol. The summed E-state index contributed by atoms with van der Waals surface area (Å²) in [6, 6.07) is 0. The molecule has 0 aliphatic heterocycles. The fourth-order valence-electron chi connectivity index (χ4n) is 1.21. The lowest BCUT2D eigenvalue weighted by molar-refractivity contribution is -0.132. The van der Waals surface area contributed by atoms with Crippen molar-refractivity contribution in [2.24, 2.45) is 0 Å². The quantitative estimate of drug-likeness (QED) is 0.648. The molecule has 0 unspecified atom stereocenters. The molecule has 1 amide bonds. The number of aliphatic hydroxyl groups excluding tert-OH is 1. The van der Waals surface area contributed by atoms with E-state index in [1.807, 2.05) is 6.92 Å². The van der Waals surface area contributed by atoms with Crippen molar-refractivity contribution in [1.29, 1.82) is 0 Å². The van der Waals surface area contributed by atoms with Crippen LogP contribution in [-0.2, 0) is 11.3 Å². The zero-order chi connectivity index (χ0) is 11.1. The van der Waals surface area contributed by atoms with Crippen molar-refractivity contribution in [3.63, 3.8) is 0 Å². The first-order chi connectivity index (χ1) is 7.27. The van der Waals surface area contributed by atoms with Gasteiger partial charge in [0.25, 0.3) is 0 Å². The first-order valence-corrected chi connectivity index (χ1v) is 4.87. The molecule has 1 rings (SSSR count). The van der Waals surface area contributed by atoms with Gasteiger partial charge in [-0.1, -0.05) is 0 Å². The van der Waals surface area contributed by atoms with Crippen molar-refractivity contribution in [3.8, 4) is 0 Å². The maximum atomic E-state index is 11.7. The van der Waals surface area contributed by atoms with Gasteiger partial charge in [-0.05, 0) is 23.8 Å². The normalized spacial score (nSPS) is 10.3. The van der Waals surface area contributed by atoms with E-state index in [0.717, 1.165) is 0 Å². The van der Waals surface area contributed by atoms with Crippen LogP contribution in [-0.4, -0.2) is 55.8 Å². The number of amides is 1. The monoisotopic (exact) mass is 213 g/mol. The van der Waals surface area contributed by atoms with Crippen LogP contribution in [0.15, 0.2) is 6.33 Å². The Bertz CT molecular complexity index is 287. The standard InChI is InChI=1S/C8H15N5O2/c1-2-12(4-3-5-14)8(15)6-13-7-9-10-11-13/h7,14H,2-6H2,1H3. The number of rotatable bonds is 6. The number of carbonyl (C=O) groups excluding carboxylic acids is 1. The molecular formula is C8H15N5O2. The molecule has 1 aromatic rings. The summed E-state index contributed by atoms with van der Waals surface area (Å²) in [5.41, 5.74) is 0. The van der Waals surface area contributed by atoms with Gasteiger partial charge in [0, 0.05) is 19.7 Å². The molecule has 84 valence electrons.